The van der Waals surface area contributed by atoms with E-state index in [9.17, 15) is 0 Å². The van der Waals surface area contributed by atoms with Crippen LogP contribution in [0, 0.1) is 5.92 Å². The Bertz CT molecular complexity index is 265. The molecule has 2 rings (SSSR count). The number of hydrogen-bond acceptors (Lipinski definition) is 0. The minimum atomic E-state index is 0.909. The Hall–Kier alpha value is 0.940. The van der Waals surface area contributed by atoms with Crippen LogP contribution in [0.2, 0.25) is 0 Å². The number of alkyl halides is 1. The van der Waals surface area contributed by atoms with E-state index < -0.39 is 0 Å². The molecule has 2 aliphatic carbocycles. The summed E-state index contributed by atoms with van der Waals surface area (Å²) in [6, 6.07) is 0. The Kier molecular flexibility index (Phi) is 4.34. The Morgan fingerprint density at radius 2 is 2.00 bits per heavy atom. The summed E-state index contributed by atoms with van der Waals surface area (Å²) < 4.78 is 2.45. The topological polar surface area (TPSA) is 0 Å². The van der Waals surface area contributed by atoms with E-state index in [2.05, 4.69) is 57.3 Å². The summed E-state index contributed by atoms with van der Waals surface area (Å²) in [5.74, 6) is 0.909. The van der Waals surface area contributed by atoms with Gasteiger partial charge >= 0.3 is 0 Å². The highest BCUT2D eigenvalue weighted by Gasteiger charge is 2.23. The maximum Gasteiger partial charge on any atom is 0.0115 e. The van der Waals surface area contributed by atoms with Gasteiger partial charge in [0.05, 0.1) is 0 Å². The van der Waals surface area contributed by atoms with Gasteiger partial charge in [-0.3, -0.25) is 0 Å². The average Bonchev–Trinajstić information content (AvgIpc) is 2.19. The van der Waals surface area contributed by atoms with E-state index in [1.165, 1.54) is 42.1 Å². The molecule has 0 aliphatic heterocycles. The molecule has 2 heteroatoms. The van der Waals surface area contributed by atoms with E-state index in [0.29, 0.717) is 0 Å². The molecule has 0 bridgehead atoms. The quantitative estimate of drug-likeness (QED) is 0.418. The van der Waals surface area contributed by atoms with Crippen molar-refractivity contribution in [1.82, 2.24) is 0 Å². The lowest BCUT2D eigenvalue weighted by Gasteiger charge is -2.29. The van der Waals surface area contributed by atoms with E-state index in [1.807, 2.05) is 0 Å². The van der Waals surface area contributed by atoms with E-state index in [4.69, 9.17) is 0 Å². The van der Waals surface area contributed by atoms with Crippen molar-refractivity contribution in [1.29, 1.82) is 0 Å². The van der Waals surface area contributed by atoms with Crippen molar-refractivity contribution >= 4 is 45.2 Å². The highest BCUT2D eigenvalue weighted by Crippen LogP contribution is 2.37. The molecular formula is C12H16I2. The van der Waals surface area contributed by atoms with Crippen LogP contribution < -0.4 is 0 Å². The molecule has 0 aromatic rings. The van der Waals surface area contributed by atoms with Gasteiger partial charge < -0.3 is 0 Å². The van der Waals surface area contributed by atoms with Gasteiger partial charge in [-0.25, -0.2) is 0 Å². The lowest BCUT2D eigenvalue weighted by Crippen LogP contribution is -2.17. The largest absolute Gasteiger partial charge is 0.0826 e. The number of rotatable bonds is 1. The molecule has 2 atom stereocenters. The number of allylic oxidation sites excluding steroid dienone is 4. The van der Waals surface area contributed by atoms with Gasteiger partial charge in [-0.1, -0.05) is 46.7 Å². The van der Waals surface area contributed by atoms with E-state index >= 15 is 0 Å². The maximum absolute atomic E-state index is 2.63. The molecular weight excluding hydrogens is 398 g/mol. The molecule has 0 aromatic heterocycles. The summed E-state index contributed by atoms with van der Waals surface area (Å²) in [6.07, 6.45) is 13.1. The van der Waals surface area contributed by atoms with Crippen molar-refractivity contribution in [2.75, 3.05) is 0 Å². The van der Waals surface area contributed by atoms with Gasteiger partial charge in [-0.2, -0.15) is 0 Å². The van der Waals surface area contributed by atoms with E-state index in [1.54, 1.807) is 5.57 Å². The molecule has 0 aromatic carbocycles. The fourth-order valence-electron chi connectivity index (χ4n) is 2.44. The summed E-state index contributed by atoms with van der Waals surface area (Å²) in [7, 11) is 0. The molecule has 0 saturated heterocycles. The Morgan fingerprint density at radius 3 is 2.64 bits per heavy atom. The first-order chi connectivity index (χ1) is 6.75. The summed E-state index contributed by atoms with van der Waals surface area (Å²) in [5, 5.41) is 0. The van der Waals surface area contributed by atoms with E-state index in [-0.39, 0.29) is 0 Å². The minimum absolute atomic E-state index is 0.909. The smallest absolute Gasteiger partial charge is 0.0115 e. The zero-order valence-electron chi connectivity index (χ0n) is 8.31. The second kappa shape index (κ2) is 5.32. The lowest BCUT2D eigenvalue weighted by atomic mass is 9.81. The second-order valence-corrected chi connectivity index (χ2v) is 7.46. The Balaban J connectivity index is 2.01. The molecule has 78 valence electrons. The Labute approximate surface area is 114 Å². The van der Waals surface area contributed by atoms with Gasteiger partial charge in [0.25, 0.3) is 0 Å². The number of halogens is 2. The minimum Gasteiger partial charge on any atom is -0.0826 e. The third-order valence-electron chi connectivity index (χ3n) is 3.27. The Morgan fingerprint density at radius 1 is 1.14 bits per heavy atom. The van der Waals surface area contributed by atoms with Crippen molar-refractivity contribution in [3.05, 3.63) is 21.3 Å². The summed E-state index contributed by atoms with van der Waals surface area (Å²) in [4.78, 5) is 0. The standard InChI is InChI=1S/C12H16I2/c13-11-6-4-9(5-7-11)10-2-1-3-12(14)8-10/h4,6,10,12H,1-3,5,7-8H2/t10?,12-/m1/s1. The molecule has 1 fully saturated rings. The maximum atomic E-state index is 2.63. The molecule has 0 spiro atoms. The van der Waals surface area contributed by atoms with Crippen LogP contribution in [0.3, 0.4) is 0 Å². The molecule has 2 aliphatic rings. The van der Waals surface area contributed by atoms with Crippen LogP contribution in [-0.4, -0.2) is 3.92 Å². The van der Waals surface area contributed by atoms with Crippen molar-refractivity contribution in [3.8, 4) is 0 Å². The van der Waals surface area contributed by atoms with Gasteiger partial charge in [-0.15, -0.1) is 0 Å². The predicted molar refractivity (Wildman–Crippen MR) is 79.2 cm³/mol. The van der Waals surface area contributed by atoms with Crippen LogP contribution in [0.15, 0.2) is 21.3 Å². The van der Waals surface area contributed by atoms with Crippen molar-refractivity contribution in [2.24, 2.45) is 5.92 Å². The molecule has 0 amide bonds. The van der Waals surface area contributed by atoms with Crippen LogP contribution in [0.4, 0.5) is 0 Å². The van der Waals surface area contributed by atoms with E-state index in [0.717, 1.165) is 9.84 Å². The normalized spacial score (nSPS) is 33.6. The summed E-state index contributed by atoms with van der Waals surface area (Å²) >= 11 is 5.08. The second-order valence-electron chi connectivity index (χ2n) is 4.32. The molecule has 0 N–H and O–H groups in total. The van der Waals surface area contributed by atoms with Crippen LogP contribution >= 0.6 is 45.2 Å². The SMILES string of the molecule is IC1=CC=C(C2CCC[C@@H](I)C2)CC1. The fourth-order valence-corrected chi connectivity index (χ4v) is 3.94. The van der Waals surface area contributed by atoms with Crippen molar-refractivity contribution < 1.29 is 0 Å². The van der Waals surface area contributed by atoms with Crippen molar-refractivity contribution in [2.45, 2.75) is 42.4 Å². The van der Waals surface area contributed by atoms with Crippen molar-refractivity contribution in [3.63, 3.8) is 0 Å². The monoisotopic (exact) mass is 414 g/mol. The van der Waals surface area contributed by atoms with Gasteiger partial charge in [0.15, 0.2) is 0 Å². The van der Waals surface area contributed by atoms with Gasteiger partial charge in [0.1, 0.15) is 0 Å². The van der Waals surface area contributed by atoms with Crippen LogP contribution in [0.25, 0.3) is 0 Å². The zero-order valence-corrected chi connectivity index (χ0v) is 12.6. The van der Waals surface area contributed by atoms with Crippen LogP contribution in [0.1, 0.15) is 38.5 Å². The molecule has 0 heterocycles. The van der Waals surface area contributed by atoms with Gasteiger partial charge in [0.2, 0.25) is 0 Å². The predicted octanol–water partition coefficient (Wildman–Crippen LogP) is 5.02. The highest BCUT2D eigenvalue weighted by atomic mass is 127. The van der Waals surface area contributed by atoms with Crippen LogP contribution in [0.5, 0.6) is 0 Å². The summed E-state index contributed by atoms with van der Waals surface area (Å²) in [5.41, 5.74) is 1.73. The average molecular weight is 414 g/mol. The van der Waals surface area contributed by atoms with Gasteiger partial charge in [-0.05, 0) is 64.2 Å². The third-order valence-corrected chi connectivity index (χ3v) is 5.30. The lowest BCUT2D eigenvalue weighted by molar-refractivity contribution is 0.411. The fraction of sp³-hybridized carbons (Fsp3) is 0.667. The van der Waals surface area contributed by atoms with Gasteiger partial charge in [0, 0.05) is 3.92 Å². The zero-order chi connectivity index (χ0) is 9.97. The first-order valence-corrected chi connectivity index (χ1v) is 7.77. The van der Waals surface area contributed by atoms with Crippen LogP contribution in [-0.2, 0) is 0 Å². The molecule has 0 radical (unpaired) electrons. The third kappa shape index (κ3) is 2.97. The highest BCUT2D eigenvalue weighted by molar-refractivity contribution is 14.1. The summed E-state index contributed by atoms with van der Waals surface area (Å²) in [6.45, 7) is 0. The molecule has 1 unspecified atom stereocenters. The molecule has 1 saturated carbocycles. The number of hydrogen-bond donors (Lipinski definition) is 0. The molecule has 0 nitrogen and oxygen atoms in total. The first-order valence-electron chi connectivity index (χ1n) is 5.45. The molecule has 14 heavy (non-hydrogen) atoms. The first kappa shape index (κ1) is 11.4.